The first-order valence-electron chi connectivity index (χ1n) is 15.6. The van der Waals surface area contributed by atoms with Gasteiger partial charge in [0.1, 0.15) is 23.9 Å². The summed E-state index contributed by atoms with van der Waals surface area (Å²) in [6, 6.07) is 8.51. The third kappa shape index (κ3) is 4.00. The number of hydrogen-bond donors (Lipinski definition) is 2. The monoisotopic (exact) mass is 596 g/mol. The third-order valence-electron chi connectivity index (χ3n) is 11.9. The van der Waals surface area contributed by atoms with Crippen molar-refractivity contribution in [1.82, 2.24) is 0 Å². The number of benzene rings is 1. The number of aldehydes is 1. The fourth-order valence-corrected chi connectivity index (χ4v) is 10.2. The molecule has 0 spiro atoms. The number of carbonyl (C=O) groups excluding carboxylic acids is 2. The molecule has 234 valence electrons. The van der Waals surface area contributed by atoms with Gasteiger partial charge in [-0.3, -0.25) is 4.79 Å². The molecule has 0 aromatic heterocycles. The highest BCUT2D eigenvalue weighted by atomic mass is 16.7. The minimum absolute atomic E-state index is 0.00629. The Kier molecular flexibility index (Phi) is 7.64. The molecule has 6 rings (SSSR count). The van der Waals surface area contributed by atoms with Gasteiger partial charge in [-0.05, 0) is 67.9 Å². The quantitative estimate of drug-likeness (QED) is 0.244. The molecule has 1 aliphatic heterocycles. The Hall–Kier alpha value is -2.59. The molecular formula is C34H44O9. The standard InChI is InChI=1S/C34H44O9/c1-18(2)25-13-22-14-32(16-35)24-12-11-19(3)23(24)15-33(22,34(25,32)31(38)39)17-41-30-26(36)28(27(40-5)20(4)42-30)43-29(37)21-9-7-6-8-10-21/h6-10,13,16,18-20,22-24,26-28,30,36H,11-12,14-15,17H2,1-5H3,(H,38,39)/t19?,20-,22?,23?,24?,26+,27-,28+,30-,32?,33?,34?/m1/s1. The van der Waals surface area contributed by atoms with Gasteiger partial charge in [-0.25, -0.2) is 4.79 Å². The Morgan fingerprint density at radius 2 is 1.84 bits per heavy atom. The maximum atomic E-state index is 13.7. The fourth-order valence-electron chi connectivity index (χ4n) is 10.2. The number of carboxylic acid groups (broad SMARTS) is 1. The van der Waals surface area contributed by atoms with Crippen molar-refractivity contribution in [2.24, 2.45) is 45.8 Å². The summed E-state index contributed by atoms with van der Waals surface area (Å²) in [7, 11) is 1.47. The second kappa shape index (κ2) is 10.8. The van der Waals surface area contributed by atoms with Gasteiger partial charge in [0.25, 0.3) is 0 Å². The molecule has 0 radical (unpaired) electrons. The Labute approximate surface area is 252 Å². The number of fused-ring (bicyclic) bond motifs is 2. The highest BCUT2D eigenvalue weighted by Crippen LogP contribution is 2.82. The number of aliphatic hydroxyl groups is 1. The van der Waals surface area contributed by atoms with E-state index in [2.05, 4.69) is 13.0 Å². The number of carboxylic acids is 1. The lowest BCUT2D eigenvalue weighted by Gasteiger charge is -2.58. The summed E-state index contributed by atoms with van der Waals surface area (Å²) < 4.78 is 23.9. The number of methoxy groups -OCH3 is 1. The van der Waals surface area contributed by atoms with Gasteiger partial charge in [-0.1, -0.05) is 57.0 Å². The summed E-state index contributed by atoms with van der Waals surface area (Å²) in [5.74, 6) is -1.19. The zero-order valence-electron chi connectivity index (χ0n) is 25.6. The van der Waals surface area contributed by atoms with Crippen LogP contribution in [-0.4, -0.2) is 72.9 Å². The maximum Gasteiger partial charge on any atom is 0.338 e. The number of aliphatic hydroxyl groups excluding tert-OH is 1. The van der Waals surface area contributed by atoms with Gasteiger partial charge in [0.05, 0.1) is 23.7 Å². The molecule has 1 saturated heterocycles. The van der Waals surface area contributed by atoms with Crippen LogP contribution in [-0.2, 0) is 28.5 Å². The Bertz CT molecular complexity index is 1290. The van der Waals surface area contributed by atoms with Crippen molar-refractivity contribution < 1.29 is 43.5 Å². The van der Waals surface area contributed by atoms with Crippen LogP contribution < -0.4 is 0 Å². The summed E-state index contributed by atoms with van der Waals surface area (Å²) in [5.41, 5.74) is -2.13. The van der Waals surface area contributed by atoms with Crippen LogP contribution in [0.5, 0.6) is 0 Å². The van der Waals surface area contributed by atoms with E-state index in [1.807, 2.05) is 13.8 Å². The zero-order chi connectivity index (χ0) is 30.9. The molecule has 2 N–H and O–H groups in total. The fraction of sp³-hybridized carbons (Fsp3) is 0.676. The average Bonchev–Trinajstić information content (AvgIpc) is 3.56. The zero-order valence-corrected chi connectivity index (χ0v) is 25.6. The van der Waals surface area contributed by atoms with Crippen molar-refractivity contribution in [1.29, 1.82) is 0 Å². The van der Waals surface area contributed by atoms with Crippen LogP contribution in [0.25, 0.3) is 0 Å². The van der Waals surface area contributed by atoms with Gasteiger partial charge in [0.2, 0.25) is 0 Å². The molecule has 9 heteroatoms. The van der Waals surface area contributed by atoms with Crippen LogP contribution >= 0.6 is 0 Å². The smallest absolute Gasteiger partial charge is 0.338 e. The van der Waals surface area contributed by atoms with Crippen molar-refractivity contribution >= 4 is 18.2 Å². The van der Waals surface area contributed by atoms with E-state index in [4.69, 9.17) is 18.9 Å². The van der Waals surface area contributed by atoms with E-state index in [1.54, 1.807) is 37.3 Å². The molecule has 1 heterocycles. The Balaban J connectivity index is 1.34. The van der Waals surface area contributed by atoms with Gasteiger partial charge in [-0.15, -0.1) is 0 Å². The van der Waals surface area contributed by atoms with Crippen LogP contribution in [0, 0.1) is 45.8 Å². The predicted octanol–water partition coefficient (Wildman–Crippen LogP) is 4.27. The Morgan fingerprint density at radius 1 is 1.12 bits per heavy atom. The third-order valence-corrected chi connectivity index (χ3v) is 11.9. The minimum Gasteiger partial charge on any atom is -0.481 e. The number of esters is 1. The molecule has 7 unspecified atom stereocenters. The topological polar surface area (TPSA) is 129 Å². The summed E-state index contributed by atoms with van der Waals surface area (Å²) in [4.78, 5) is 40.0. The normalized spacial score (nSPS) is 44.6. The molecule has 3 saturated carbocycles. The number of allylic oxidation sites excluding steroid dienone is 1. The van der Waals surface area contributed by atoms with Gasteiger partial charge < -0.3 is 34.0 Å². The van der Waals surface area contributed by atoms with Gasteiger partial charge >= 0.3 is 11.9 Å². The van der Waals surface area contributed by atoms with Crippen molar-refractivity contribution in [3.05, 3.63) is 47.5 Å². The summed E-state index contributed by atoms with van der Waals surface area (Å²) in [6.07, 6.45) is 1.03. The minimum atomic E-state index is -1.40. The lowest BCUT2D eigenvalue weighted by molar-refractivity contribution is -0.306. The van der Waals surface area contributed by atoms with Crippen LogP contribution in [0.1, 0.15) is 63.7 Å². The average molecular weight is 597 g/mol. The molecule has 12 atom stereocenters. The molecule has 5 aliphatic rings. The van der Waals surface area contributed by atoms with Crippen molar-refractivity contribution in [2.75, 3.05) is 13.7 Å². The van der Waals surface area contributed by atoms with Crippen LogP contribution in [0.3, 0.4) is 0 Å². The lowest BCUT2D eigenvalue weighted by atomic mass is 9.43. The van der Waals surface area contributed by atoms with Crippen LogP contribution in [0.15, 0.2) is 42.0 Å². The van der Waals surface area contributed by atoms with Gasteiger partial charge in [0, 0.05) is 12.5 Å². The Morgan fingerprint density at radius 3 is 2.47 bits per heavy atom. The van der Waals surface area contributed by atoms with E-state index < -0.39 is 58.9 Å². The summed E-state index contributed by atoms with van der Waals surface area (Å²) in [6.45, 7) is 7.97. The van der Waals surface area contributed by atoms with Crippen molar-refractivity contribution in [3.8, 4) is 0 Å². The van der Waals surface area contributed by atoms with E-state index in [9.17, 15) is 24.6 Å². The van der Waals surface area contributed by atoms with Crippen LogP contribution in [0.4, 0.5) is 0 Å². The summed E-state index contributed by atoms with van der Waals surface area (Å²) >= 11 is 0. The largest absolute Gasteiger partial charge is 0.481 e. The molecule has 0 amide bonds. The molecular weight excluding hydrogens is 552 g/mol. The van der Waals surface area contributed by atoms with Gasteiger partial charge in [-0.2, -0.15) is 0 Å². The molecule has 1 aromatic rings. The second-order valence-electron chi connectivity index (χ2n) is 13.9. The molecule has 4 fully saturated rings. The van der Waals surface area contributed by atoms with Crippen LogP contribution in [0.2, 0.25) is 0 Å². The summed E-state index contributed by atoms with van der Waals surface area (Å²) in [5, 5.41) is 22.7. The van der Waals surface area contributed by atoms with Crippen molar-refractivity contribution in [2.45, 2.75) is 84.1 Å². The lowest BCUT2D eigenvalue weighted by Crippen LogP contribution is -2.64. The first kappa shape index (κ1) is 30.4. The van der Waals surface area contributed by atoms with E-state index >= 15 is 0 Å². The number of hydrogen-bond acceptors (Lipinski definition) is 8. The molecule has 43 heavy (non-hydrogen) atoms. The molecule has 9 nitrogen and oxygen atoms in total. The number of aliphatic carboxylic acids is 1. The van der Waals surface area contributed by atoms with E-state index in [-0.39, 0.29) is 30.3 Å². The second-order valence-corrected chi connectivity index (χ2v) is 13.9. The first-order valence-corrected chi connectivity index (χ1v) is 15.6. The van der Waals surface area contributed by atoms with E-state index in [0.717, 1.165) is 24.7 Å². The SMILES string of the molecule is CO[C@H]1[C@@H](OC(=O)c2ccccc2)[C@H](O)[C@H](OCC23CC4C(C)CCC4C4(C=O)CC2C=C(C(C)C)C43C(=O)O)O[C@@H]1C. The highest BCUT2D eigenvalue weighted by molar-refractivity contribution is 5.90. The predicted molar refractivity (Wildman–Crippen MR) is 155 cm³/mol. The molecule has 4 bridgehead atoms. The van der Waals surface area contributed by atoms with Crippen molar-refractivity contribution in [3.63, 3.8) is 0 Å². The number of rotatable bonds is 9. The van der Waals surface area contributed by atoms with E-state index in [0.29, 0.717) is 24.3 Å². The number of ether oxygens (including phenoxy) is 4. The van der Waals surface area contributed by atoms with Gasteiger partial charge in [0.15, 0.2) is 12.4 Å². The molecule has 4 aliphatic carbocycles. The number of carbonyl (C=O) groups is 3. The first-order chi connectivity index (χ1) is 20.5. The highest BCUT2D eigenvalue weighted by Gasteiger charge is 2.84. The molecule has 1 aromatic carbocycles. The van der Waals surface area contributed by atoms with E-state index in [1.165, 1.54) is 7.11 Å². The maximum absolute atomic E-state index is 13.7.